The molecule has 0 amide bonds. The Morgan fingerprint density at radius 2 is 1.96 bits per heavy atom. The van der Waals surface area contributed by atoms with Gasteiger partial charge in [0, 0.05) is 22.3 Å². The van der Waals surface area contributed by atoms with Crippen LogP contribution in [0.5, 0.6) is 5.75 Å². The van der Waals surface area contributed by atoms with Crippen molar-refractivity contribution in [3.8, 4) is 5.75 Å². The van der Waals surface area contributed by atoms with Crippen molar-refractivity contribution >= 4 is 26.0 Å². The van der Waals surface area contributed by atoms with E-state index in [-0.39, 0.29) is 5.56 Å². The van der Waals surface area contributed by atoms with Crippen LogP contribution in [0.1, 0.15) is 25.5 Å². The molecule has 0 bridgehead atoms. The highest BCUT2D eigenvalue weighted by atomic mass is 79.9. The molecule has 1 aromatic carbocycles. The van der Waals surface area contributed by atoms with Crippen LogP contribution in [0.4, 0.5) is 0 Å². The van der Waals surface area contributed by atoms with Gasteiger partial charge in [0.1, 0.15) is 17.5 Å². The second-order valence-electron chi connectivity index (χ2n) is 6.50. The van der Waals surface area contributed by atoms with Crippen LogP contribution < -0.4 is 10.3 Å². The lowest BCUT2D eigenvalue weighted by Crippen LogP contribution is -2.54. The third kappa shape index (κ3) is 3.65. The average molecular weight is 428 g/mol. The fourth-order valence-electron chi connectivity index (χ4n) is 3.05. The smallest absolute Gasteiger partial charge is 0.264 e. The fraction of sp³-hybridized carbons (Fsp3) is 0.353. The summed E-state index contributed by atoms with van der Waals surface area (Å²) in [6, 6.07) is 9.57. The summed E-state index contributed by atoms with van der Waals surface area (Å²) in [4.78, 5) is 12.4. The molecule has 0 N–H and O–H groups in total. The molecular weight excluding hydrogens is 410 g/mol. The molecule has 0 aliphatic carbocycles. The summed E-state index contributed by atoms with van der Waals surface area (Å²) >= 11 is 3.42. The van der Waals surface area contributed by atoms with Crippen LogP contribution in [-0.2, 0) is 14.3 Å². The van der Waals surface area contributed by atoms with Crippen molar-refractivity contribution in [1.29, 1.82) is 0 Å². The topological polar surface area (TPSA) is 74.6 Å². The van der Waals surface area contributed by atoms with Gasteiger partial charge in [0.15, 0.2) is 0 Å². The van der Waals surface area contributed by atoms with E-state index in [9.17, 15) is 13.2 Å². The molecule has 2 heterocycles. The number of ether oxygens (including phenoxy) is 1. The van der Waals surface area contributed by atoms with Crippen molar-refractivity contribution in [3.05, 3.63) is 63.0 Å². The fourth-order valence-corrected chi connectivity index (χ4v) is 4.14. The predicted molar refractivity (Wildman–Crippen MR) is 97.4 cm³/mol. The van der Waals surface area contributed by atoms with Crippen LogP contribution in [0.3, 0.4) is 0 Å². The molecule has 0 unspecified atom stereocenters. The number of rotatable bonds is 3. The average Bonchev–Trinajstić information content (AvgIpc) is 2.48. The number of nitrogens with zero attached hydrogens (tertiary/aromatic N) is 1. The van der Waals surface area contributed by atoms with Gasteiger partial charge in [-0.15, -0.1) is 0 Å². The van der Waals surface area contributed by atoms with Gasteiger partial charge < -0.3 is 9.30 Å². The maximum atomic E-state index is 12.4. The zero-order valence-corrected chi connectivity index (χ0v) is 16.4. The first-order chi connectivity index (χ1) is 11.6. The molecule has 6 nitrogen and oxygen atoms in total. The zero-order chi connectivity index (χ0) is 18.4. The number of aromatic nitrogens is 1. The van der Waals surface area contributed by atoms with Crippen LogP contribution in [-0.4, -0.2) is 30.9 Å². The summed E-state index contributed by atoms with van der Waals surface area (Å²) in [5, 5.41) is 0. The Morgan fingerprint density at radius 3 is 2.60 bits per heavy atom. The molecule has 0 fully saturated rings. The van der Waals surface area contributed by atoms with E-state index in [1.54, 1.807) is 38.2 Å². The second kappa shape index (κ2) is 6.26. The van der Waals surface area contributed by atoms with E-state index in [0.717, 1.165) is 10.7 Å². The number of halogens is 1. The van der Waals surface area contributed by atoms with Crippen LogP contribution in [0, 0.1) is 0 Å². The van der Waals surface area contributed by atoms with E-state index in [4.69, 9.17) is 8.92 Å². The van der Waals surface area contributed by atoms with Crippen molar-refractivity contribution in [3.63, 3.8) is 0 Å². The molecule has 2 aromatic rings. The molecule has 1 aromatic heterocycles. The molecule has 1 aliphatic heterocycles. The van der Waals surface area contributed by atoms with E-state index in [1.807, 2.05) is 12.1 Å². The van der Waals surface area contributed by atoms with Gasteiger partial charge in [-0.1, -0.05) is 22.0 Å². The monoisotopic (exact) mass is 427 g/mol. The minimum Gasteiger partial charge on any atom is -0.485 e. The molecule has 134 valence electrons. The Labute approximate surface area is 154 Å². The lowest BCUT2D eigenvalue weighted by Gasteiger charge is -2.44. The van der Waals surface area contributed by atoms with Gasteiger partial charge in [-0.25, -0.2) is 0 Å². The highest BCUT2D eigenvalue weighted by Gasteiger charge is 2.47. The molecule has 1 aliphatic rings. The Morgan fingerprint density at radius 1 is 1.24 bits per heavy atom. The van der Waals surface area contributed by atoms with Crippen molar-refractivity contribution in [2.24, 2.45) is 0 Å². The van der Waals surface area contributed by atoms with Crippen LogP contribution in [0.2, 0.25) is 0 Å². The lowest BCUT2D eigenvalue weighted by atomic mass is 9.86. The Bertz CT molecular complexity index is 967. The van der Waals surface area contributed by atoms with E-state index in [0.29, 0.717) is 11.3 Å². The SMILES string of the molecule is CC1(C)Oc2ccc(Br)cc2[C@@H](n2ccccc2=O)[C@@H]1OS(C)(=O)=O. The largest absolute Gasteiger partial charge is 0.485 e. The van der Waals surface area contributed by atoms with Crippen LogP contribution in [0.25, 0.3) is 0 Å². The summed E-state index contributed by atoms with van der Waals surface area (Å²) in [6.45, 7) is 3.49. The molecular formula is C17H18BrNO5S. The van der Waals surface area contributed by atoms with Gasteiger partial charge in [-0.3, -0.25) is 8.98 Å². The molecule has 0 saturated heterocycles. The third-order valence-corrected chi connectivity index (χ3v) is 5.11. The lowest BCUT2D eigenvalue weighted by molar-refractivity contribution is -0.0463. The molecule has 0 saturated carbocycles. The number of pyridine rings is 1. The Hall–Kier alpha value is -1.64. The second-order valence-corrected chi connectivity index (χ2v) is 9.02. The van der Waals surface area contributed by atoms with Gasteiger partial charge in [0.05, 0.1) is 12.3 Å². The van der Waals surface area contributed by atoms with Crippen LogP contribution in [0.15, 0.2) is 51.9 Å². The number of fused-ring (bicyclic) bond motifs is 1. The van der Waals surface area contributed by atoms with E-state index < -0.39 is 27.9 Å². The maximum absolute atomic E-state index is 12.4. The van der Waals surface area contributed by atoms with Crippen molar-refractivity contribution < 1.29 is 17.3 Å². The van der Waals surface area contributed by atoms with E-state index in [1.165, 1.54) is 10.6 Å². The molecule has 2 atom stereocenters. The molecule has 0 radical (unpaired) electrons. The van der Waals surface area contributed by atoms with Crippen molar-refractivity contribution in [1.82, 2.24) is 4.57 Å². The zero-order valence-electron chi connectivity index (χ0n) is 14.0. The summed E-state index contributed by atoms with van der Waals surface area (Å²) < 4.78 is 37.4. The maximum Gasteiger partial charge on any atom is 0.264 e. The summed E-state index contributed by atoms with van der Waals surface area (Å²) in [5.41, 5.74) is -0.544. The van der Waals surface area contributed by atoms with E-state index >= 15 is 0 Å². The quantitative estimate of drug-likeness (QED) is 0.703. The molecule has 25 heavy (non-hydrogen) atoms. The van der Waals surface area contributed by atoms with E-state index in [2.05, 4.69) is 15.9 Å². The number of hydrogen-bond acceptors (Lipinski definition) is 5. The standard InChI is InChI=1S/C17H18BrNO5S/c1-17(2)16(24-25(3,21)22)15(19-9-5-4-6-14(19)20)12-10-11(18)7-8-13(12)23-17/h4-10,15-16H,1-3H3/t15-,16+/m1/s1. The summed E-state index contributed by atoms with van der Waals surface area (Å²) in [6.07, 6.45) is 1.70. The number of benzene rings is 1. The predicted octanol–water partition coefficient (Wildman–Crippen LogP) is 2.72. The highest BCUT2D eigenvalue weighted by Crippen LogP contribution is 2.44. The summed E-state index contributed by atoms with van der Waals surface area (Å²) in [7, 11) is -3.77. The molecule has 0 spiro atoms. The Balaban J connectivity index is 2.28. The van der Waals surface area contributed by atoms with Gasteiger partial charge >= 0.3 is 0 Å². The first kappa shape index (κ1) is 18.2. The van der Waals surface area contributed by atoms with Gasteiger partial charge in [0.2, 0.25) is 0 Å². The van der Waals surface area contributed by atoms with Gasteiger partial charge in [-0.05, 0) is 38.1 Å². The first-order valence-electron chi connectivity index (χ1n) is 7.62. The Kier molecular flexibility index (Phi) is 4.55. The normalized spacial score (nSPS) is 22.1. The summed E-state index contributed by atoms with van der Waals surface area (Å²) in [5.74, 6) is 0.585. The van der Waals surface area contributed by atoms with Gasteiger partial charge in [-0.2, -0.15) is 8.42 Å². The van der Waals surface area contributed by atoms with Gasteiger partial charge in [0.25, 0.3) is 15.7 Å². The van der Waals surface area contributed by atoms with Crippen molar-refractivity contribution in [2.75, 3.05) is 6.26 Å². The van der Waals surface area contributed by atoms with Crippen LogP contribution >= 0.6 is 15.9 Å². The van der Waals surface area contributed by atoms with Crippen molar-refractivity contribution in [2.45, 2.75) is 31.6 Å². The first-order valence-corrected chi connectivity index (χ1v) is 10.2. The molecule has 8 heteroatoms. The minimum atomic E-state index is -3.77. The third-order valence-electron chi connectivity index (χ3n) is 4.06. The number of hydrogen-bond donors (Lipinski definition) is 0. The minimum absolute atomic E-state index is 0.252. The highest BCUT2D eigenvalue weighted by molar-refractivity contribution is 9.10. The molecule has 3 rings (SSSR count).